The third-order valence-electron chi connectivity index (χ3n) is 5.43. The van der Waals surface area contributed by atoms with Crippen LogP contribution >= 0.6 is 34.8 Å². The van der Waals surface area contributed by atoms with Crippen molar-refractivity contribution in [3.63, 3.8) is 0 Å². The fourth-order valence-electron chi connectivity index (χ4n) is 3.89. The summed E-state index contributed by atoms with van der Waals surface area (Å²) in [6.45, 7) is 2.84. The summed E-state index contributed by atoms with van der Waals surface area (Å²) in [5, 5.41) is 1.57. The molecule has 1 aliphatic rings. The van der Waals surface area contributed by atoms with Gasteiger partial charge >= 0.3 is 0 Å². The van der Waals surface area contributed by atoms with Gasteiger partial charge in [0.15, 0.2) is 0 Å². The zero-order valence-corrected chi connectivity index (χ0v) is 18.5. The Labute approximate surface area is 191 Å². The third-order valence-corrected chi connectivity index (χ3v) is 6.43. The molecule has 1 atom stereocenters. The molecule has 0 N–H and O–H groups in total. The molecule has 0 saturated carbocycles. The maximum absolute atomic E-state index is 12.9. The van der Waals surface area contributed by atoms with E-state index in [0.29, 0.717) is 28.7 Å². The smallest absolute Gasteiger partial charge is 0.253 e. The van der Waals surface area contributed by atoms with Crippen LogP contribution in [0.4, 0.5) is 0 Å². The van der Waals surface area contributed by atoms with E-state index in [1.807, 2.05) is 23.1 Å². The van der Waals surface area contributed by atoms with E-state index < -0.39 is 0 Å². The third kappa shape index (κ3) is 4.65. The molecular weight excluding hydrogens is 439 g/mol. The minimum Gasteiger partial charge on any atom is -0.336 e. The number of carbonyl (C=O) groups excluding carboxylic acids is 1. The highest BCUT2D eigenvalue weighted by molar-refractivity contribution is 6.42. The number of hydrogen-bond donors (Lipinski definition) is 0. The second-order valence-electron chi connectivity index (χ2n) is 7.32. The van der Waals surface area contributed by atoms with Crippen molar-refractivity contribution in [3.05, 3.63) is 105 Å². The zero-order chi connectivity index (χ0) is 21.1. The molecule has 0 unspecified atom stereocenters. The summed E-state index contributed by atoms with van der Waals surface area (Å²) in [7, 11) is 0. The lowest BCUT2D eigenvalue weighted by Gasteiger charge is -2.40. The van der Waals surface area contributed by atoms with Gasteiger partial charge in [0.2, 0.25) is 0 Å². The Balaban J connectivity index is 1.52. The molecule has 0 aromatic heterocycles. The van der Waals surface area contributed by atoms with Gasteiger partial charge in [-0.05, 0) is 41.5 Å². The predicted molar refractivity (Wildman–Crippen MR) is 124 cm³/mol. The summed E-state index contributed by atoms with van der Waals surface area (Å²) < 4.78 is 0. The van der Waals surface area contributed by atoms with E-state index in [2.05, 4.69) is 41.3 Å². The van der Waals surface area contributed by atoms with Crippen molar-refractivity contribution in [1.29, 1.82) is 0 Å². The molecule has 0 bridgehead atoms. The Kier molecular flexibility index (Phi) is 6.64. The monoisotopic (exact) mass is 458 g/mol. The van der Waals surface area contributed by atoms with Gasteiger partial charge in [0.1, 0.15) is 0 Å². The van der Waals surface area contributed by atoms with Crippen molar-refractivity contribution < 1.29 is 4.79 Å². The first-order valence-corrected chi connectivity index (χ1v) is 10.9. The highest BCUT2D eigenvalue weighted by Crippen LogP contribution is 2.31. The molecular formula is C24H21Cl3N2O. The SMILES string of the molecule is O=C(c1ccc(Cl)c(Cl)c1)N1CCN([C@H](c2ccccc2)c2ccc(Cl)cc2)CC1. The highest BCUT2D eigenvalue weighted by atomic mass is 35.5. The van der Waals surface area contributed by atoms with Gasteiger partial charge in [-0.15, -0.1) is 0 Å². The number of nitrogens with zero attached hydrogens (tertiary/aromatic N) is 2. The topological polar surface area (TPSA) is 23.6 Å². The van der Waals surface area contributed by atoms with Gasteiger partial charge in [-0.1, -0.05) is 77.3 Å². The Morgan fingerprint density at radius 2 is 1.37 bits per heavy atom. The molecule has 0 spiro atoms. The van der Waals surface area contributed by atoms with Crippen LogP contribution in [0, 0.1) is 0 Å². The Morgan fingerprint density at radius 1 is 0.733 bits per heavy atom. The number of halogens is 3. The number of rotatable bonds is 4. The molecule has 1 saturated heterocycles. The van der Waals surface area contributed by atoms with Crippen LogP contribution in [-0.4, -0.2) is 41.9 Å². The molecule has 4 rings (SSSR count). The van der Waals surface area contributed by atoms with Gasteiger partial charge in [-0.2, -0.15) is 0 Å². The molecule has 1 amide bonds. The van der Waals surface area contributed by atoms with Crippen LogP contribution in [0.3, 0.4) is 0 Å². The van der Waals surface area contributed by atoms with E-state index >= 15 is 0 Å². The van der Waals surface area contributed by atoms with Gasteiger partial charge in [0.25, 0.3) is 5.91 Å². The lowest BCUT2D eigenvalue weighted by molar-refractivity contribution is 0.0597. The summed E-state index contributed by atoms with van der Waals surface area (Å²) in [5.74, 6) is -0.0176. The standard InChI is InChI=1S/C24H21Cl3N2O/c25-20-9-6-18(7-10-20)23(17-4-2-1-3-5-17)28-12-14-29(15-13-28)24(30)19-8-11-21(26)22(27)16-19/h1-11,16,23H,12-15H2/t23-/m1/s1. The van der Waals surface area contributed by atoms with E-state index in [-0.39, 0.29) is 11.9 Å². The van der Waals surface area contributed by atoms with Gasteiger partial charge in [-0.25, -0.2) is 0 Å². The van der Waals surface area contributed by atoms with Crippen LogP contribution in [0.2, 0.25) is 15.1 Å². The molecule has 1 aliphatic heterocycles. The Hall–Kier alpha value is -2.04. The second kappa shape index (κ2) is 9.40. The Morgan fingerprint density at radius 3 is 2.00 bits per heavy atom. The fraction of sp³-hybridized carbons (Fsp3) is 0.208. The number of piperazine rings is 1. The number of carbonyl (C=O) groups is 1. The predicted octanol–water partition coefficient (Wildman–Crippen LogP) is 6.19. The molecule has 1 fully saturated rings. The Bertz CT molecular complexity index is 1020. The molecule has 3 aromatic carbocycles. The zero-order valence-electron chi connectivity index (χ0n) is 16.3. The first-order chi connectivity index (χ1) is 14.5. The summed E-state index contributed by atoms with van der Waals surface area (Å²) in [6.07, 6.45) is 0. The van der Waals surface area contributed by atoms with Crippen LogP contribution in [0.15, 0.2) is 72.8 Å². The van der Waals surface area contributed by atoms with Crippen molar-refractivity contribution in [3.8, 4) is 0 Å². The van der Waals surface area contributed by atoms with Crippen molar-refractivity contribution in [2.24, 2.45) is 0 Å². The number of benzene rings is 3. The fourth-order valence-corrected chi connectivity index (χ4v) is 4.31. The highest BCUT2D eigenvalue weighted by Gasteiger charge is 2.28. The molecule has 6 heteroatoms. The van der Waals surface area contributed by atoms with Crippen molar-refractivity contribution >= 4 is 40.7 Å². The molecule has 0 radical (unpaired) electrons. The minimum absolute atomic E-state index is 0.0176. The maximum atomic E-state index is 12.9. The molecule has 30 heavy (non-hydrogen) atoms. The number of amides is 1. The molecule has 0 aliphatic carbocycles. The minimum atomic E-state index is -0.0176. The largest absolute Gasteiger partial charge is 0.336 e. The van der Waals surface area contributed by atoms with Crippen LogP contribution in [0.5, 0.6) is 0 Å². The van der Waals surface area contributed by atoms with Crippen LogP contribution in [0.1, 0.15) is 27.5 Å². The molecule has 1 heterocycles. The van der Waals surface area contributed by atoms with Crippen LogP contribution in [0.25, 0.3) is 0 Å². The first-order valence-electron chi connectivity index (χ1n) is 9.82. The van der Waals surface area contributed by atoms with E-state index in [0.717, 1.165) is 18.1 Å². The van der Waals surface area contributed by atoms with E-state index in [1.54, 1.807) is 18.2 Å². The molecule has 3 nitrogen and oxygen atoms in total. The summed E-state index contributed by atoms with van der Waals surface area (Å²) >= 11 is 18.2. The van der Waals surface area contributed by atoms with E-state index in [1.165, 1.54) is 11.1 Å². The summed E-state index contributed by atoms with van der Waals surface area (Å²) in [5.41, 5.74) is 2.98. The lowest BCUT2D eigenvalue weighted by Crippen LogP contribution is -2.49. The van der Waals surface area contributed by atoms with Gasteiger partial charge in [-0.3, -0.25) is 9.69 Å². The van der Waals surface area contributed by atoms with Crippen molar-refractivity contribution in [1.82, 2.24) is 9.80 Å². The second-order valence-corrected chi connectivity index (χ2v) is 8.57. The quantitative estimate of drug-likeness (QED) is 0.464. The average molecular weight is 460 g/mol. The maximum Gasteiger partial charge on any atom is 0.253 e. The first kappa shape index (κ1) is 21.2. The van der Waals surface area contributed by atoms with Gasteiger partial charge in [0, 0.05) is 36.8 Å². The summed E-state index contributed by atoms with van der Waals surface area (Å²) in [6, 6.07) is 23.6. The van der Waals surface area contributed by atoms with Gasteiger partial charge < -0.3 is 4.90 Å². The normalized spacial score (nSPS) is 15.8. The lowest BCUT2D eigenvalue weighted by atomic mass is 9.96. The van der Waals surface area contributed by atoms with Crippen molar-refractivity contribution in [2.75, 3.05) is 26.2 Å². The van der Waals surface area contributed by atoms with E-state index in [9.17, 15) is 4.79 Å². The molecule has 3 aromatic rings. The number of hydrogen-bond acceptors (Lipinski definition) is 2. The van der Waals surface area contributed by atoms with Gasteiger partial charge in [0.05, 0.1) is 16.1 Å². The van der Waals surface area contributed by atoms with Crippen LogP contribution < -0.4 is 0 Å². The van der Waals surface area contributed by atoms with E-state index in [4.69, 9.17) is 34.8 Å². The average Bonchev–Trinajstić information content (AvgIpc) is 2.78. The van der Waals surface area contributed by atoms with Crippen molar-refractivity contribution in [2.45, 2.75) is 6.04 Å². The summed E-state index contributed by atoms with van der Waals surface area (Å²) in [4.78, 5) is 17.2. The van der Waals surface area contributed by atoms with Crippen LogP contribution in [-0.2, 0) is 0 Å². The molecule has 154 valence electrons.